The van der Waals surface area contributed by atoms with Gasteiger partial charge in [0, 0.05) is 5.56 Å². The van der Waals surface area contributed by atoms with Gasteiger partial charge in [-0.1, -0.05) is 29.5 Å². The quantitative estimate of drug-likeness (QED) is 0.278. The number of aryl methyl sites for hydroxylation is 1. The number of carbonyl (C=O) groups excluding carboxylic acids is 1. The fraction of sp³-hybridized carbons (Fsp3) is 0.182. The van der Waals surface area contributed by atoms with E-state index in [1.54, 1.807) is 43.5 Å². The van der Waals surface area contributed by atoms with Crippen LogP contribution in [0.5, 0.6) is 11.5 Å². The van der Waals surface area contributed by atoms with E-state index in [2.05, 4.69) is 9.97 Å². The maximum atomic E-state index is 12.5. The van der Waals surface area contributed by atoms with Gasteiger partial charge in [-0.05, 0) is 50.4 Å². The maximum absolute atomic E-state index is 12.5. The van der Waals surface area contributed by atoms with E-state index < -0.39 is 11.5 Å². The molecule has 0 atom stereocenters. The molecule has 30 heavy (non-hydrogen) atoms. The second-order valence-corrected chi connectivity index (χ2v) is 7.06. The normalized spacial score (nSPS) is 10.3. The summed E-state index contributed by atoms with van der Waals surface area (Å²) >= 11 is 1.26. The Bertz CT molecular complexity index is 1180. The molecule has 0 unspecified atom stereocenters. The Balaban J connectivity index is 2.01. The predicted octanol–water partition coefficient (Wildman–Crippen LogP) is 3.96. The van der Waals surface area contributed by atoms with Crippen LogP contribution in [-0.2, 0) is 0 Å². The molecular weight excluding hydrogens is 402 g/mol. The van der Waals surface area contributed by atoms with E-state index in [0.29, 0.717) is 28.6 Å². The summed E-state index contributed by atoms with van der Waals surface area (Å²) in [6.45, 7) is 4.07. The Morgan fingerprint density at radius 2 is 1.93 bits per heavy atom. The molecule has 3 aromatic rings. The highest BCUT2D eigenvalue weighted by molar-refractivity contribution is 7.98. The SMILES string of the molecule is CCOc1cc(-c2nc(SC)[nH]c(=O)c2C#N)ccc1OC(=O)c1ccc(C)cc1. The van der Waals surface area contributed by atoms with E-state index in [1.807, 2.05) is 25.1 Å². The van der Waals surface area contributed by atoms with Crippen molar-refractivity contribution in [3.05, 3.63) is 69.5 Å². The molecule has 152 valence electrons. The van der Waals surface area contributed by atoms with Crippen LogP contribution in [0.3, 0.4) is 0 Å². The average molecular weight is 421 g/mol. The lowest BCUT2D eigenvalue weighted by molar-refractivity contribution is 0.0728. The van der Waals surface area contributed by atoms with Crippen molar-refractivity contribution in [2.75, 3.05) is 12.9 Å². The van der Waals surface area contributed by atoms with Gasteiger partial charge < -0.3 is 14.5 Å². The lowest BCUT2D eigenvalue weighted by Crippen LogP contribution is -2.14. The zero-order valence-corrected chi connectivity index (χ0v) is 17.5. The summed E-state index contributed by atoms with van der Waals surface area (Å²) in [4.78, 5) is 31.6. The van der Waals surface area contributed by atoms with Gasteiger partial charge in [-0.15, -0.1) is 0 Å². The first kappa shape index (κ1) is 21.1. The summed E-state index contributed by atoms with van der Waals surface area (Å²) in [6.07, 6.45) is 1.77. The summed E-state index contributed by atoms with van der Waals surface area (Å²) in [7, 11) is 0. The minimum Gasteiger partial charge on any atom is -0.490 e. The molecule has 0 bridgehead atoms. The van der Waals surface area contributed by atoms with E-state index in [-0.39, 0.29) is 17.0 Å². The molecule has 1 aromatic heterocycles. The topological polar surface area (TPSA) is 105 Å². The number of nitrogens with zero attached hydrogens (tertiary/aromatic N) is 2. The van der Waals surface area contributed by atoms with Crippen LogP contribution >= 0.6 is 11.8 Å². The zero-order valence-electron chi connectivity index (χ0n) is 16.7. The number of benzene rings is 2. The molecule has 0 aliphatic carbocycles. The fourth-order valence-electron chi connectivity index (χ4n) is 2.72. The van der Waals surface area contributed by atoms with Gasteiger partial charge in [-0.25, -0.2) is 9.78 Å². The van der Waals surface area contributed by atoms with E-state index in [9.17, 15) is 14.9 Å². The van der Waals surface area contributed by atoms with Gasteiger partial charge in [0.25, 0.3) is 5.56 Å². The highest BCUT2D eigenvalue weighted by Crippen LogP contribution is 2.33. The molecule has 0 spiro atoms. The summed E-state index contributed by atoms with van der Waals surface area (Å²) in [6, 6.07) is 13.7. The number of aromatic amines is 1. The fourth-order valence-corrected chi connectivity index (χ4v) is 3.10. The molecule has 1 N–H and O–H groups in total. The van der Waals surface area contributed by atoms with Gasteiger partial charge in [0.1, 0.15) is 11.6 Å². The Morgan fingerprint density at radius 3 is 2.57 bits per heavy atom. The van der Waals surface area contributed by atoms with Crippen molar-refractivity contribution in [3.63, 3.8) is 0 Å². The Labute approximate surface area is 177 Å². The first-order valence-electron chi connectivity index (χ1n) is 9.11. The third-order valence-electron chi connectivity index (χ3n) is 4.21. The molecule has 7 nitrogen and oxygen atoms in total. The van der Waals surface area contributed by atoms with Gasteiger partial charge in [0.2, 0.25) is 0 Å². The summed E-state index contributed by atoms with van der Waals surface area (Å²) in [5.41, 5.74) is 1.59. The zero-order chi connectivity index (χ0) is 21.7. The number of rotatable bonds is 6. The lowest BCUT2D eigenvalue weighted by atomic mass is 10.1. The van der Waals surface area contributed by atoms with Crippen molar-refractivity contribution < 1.29 is 14.3 Å². The number of carbonyl (C=O) groups is 1. The molecule has 0 aliphatic rings. The standard InChI is InChI=1S/C22H19N3O4S/c1-4-28-18-11-15(19-16(12-23)20(26)25-22(24-19)30-3)9-10-17(18)29-21(27)14-7-5-13(2)6-8-14/h5-11H,4H2,1-3H3,(H,24,25,26). The highest BCUT2D eigenvalue weighted by atomic mass is 32.2. The Kier molecular flexibility index (Phi) is 6.54. The predicted molar refractivity (Wildman–Crippen MR) is 114 cm³/mol. The van der Waals surface area contributed by atoms with Crippen LogP contribution < -0.4 is 15.0 Å². The number of thioether (sulfide) groups is 1. The summed E-state index contributed by atoms with van der Waals surface area (Å²) in [5.74, 6) is 0.0344. The number of nitriles is 1. The first-order valence-corrected chi connectivity index (χ1v) is 10.3. The van der Waals surface area contributed by atoms with Crippen LogP contribution in [0.4, 0.5) is 0 Å². The second-order valence-electron chi connectivity index (χ2n) is 6.26. The average Bonchev–Trinajstić information content (AvgIpc) is 2.75. The number of hydrogen-bond acceptors (Lipinski definition) is 7. The van der Waals surface area contributed by atoms with Gasteiger partial charge in [-0.2, -0.15) is 5.26 Å². The van der Waals surface area contributed by atoms with Gasteiger partial charge >= 0.3 is 5.97 Å². The Hall–Kier alpha value is -3.57. The number of aromatic nitrogens is 2. The molecule has 0 saturated heterocycles. The van der Waals surface area contributed by atoms with Crippen molar-refractivity contribution in [2.24, 2.45) is 0 Å². The second kappa shape index (κ2) is 9.29. The largest absolute Gasteiger partial charge is 0.490 e. The van der Waals surface area contributed by atoms with E-state index in [4.69, 9.17) is 9.47 Å². The van der Waals surface area contributed by atoms with Crippen LogP contribution in [0.2, 0.25) is 0 Å². The third kappa shape index (κ3) is 4.53. The van der Waals surface area contributed by atoms with Crippen LogP contribution in [0.15, 0.2) is 52.4 Å². The van der Waals surface area contributed by atoms with E-state index >= 15 is 0 Å². The van der Waals surface area contributed by atoms with Crippen molar-refractivity contribution in [1.29, 1.82) is 5.26 Å². The molecule has 0 radical (unpaired) electrons. The Morgan fingerprint density at radius 1 is 1.20 bits per heavy atom. The van der Waals surface area contributed by atoms with E-state index in [1.165, 1.54) is 11.8 Å². The molecule has 0 saturated carbocycles. The molecule has 8 heteroatoms. The molecule has 2 aromatic carbocycles. The summed E-state index contributed by atoms with van der Waals surface area (Å²) < 4.78 is 11.2. The number of H-pyrrole nitrogens is 1. The van der Waals surface area contributed by atoms with Crippen molar-refractivity contribution in [1.82, 2.24) is 9.97 Å². The van der Waals surface area contributed by atoms with Crippen molar-refractivity contribution in [3.8, 4) is 28.8 Å². The third-order valence-corrected chi connectivity index (χ3v) is 4.79. The van der Waals surface area contributed by atoms with Gasteiger partial charge in [0.05, 0.1) is 17.9 Å². The van der Waals surface area contributed by atoms with Crippen molar-refractivity contribution in [2.45, 2.75) is 19.0 Å². The van der Waals surface area contributed by atoms with Crippen LogP contribution in [0.1, 0.15) is 28.4 Å². The molecule has 0 amide bonds. The van der Waals surface area contributed by atoms with E-state index in [0.717, 1.165) is 5.56 Å². The minimum absolute atomic E-state index is 0.0975. The van der Waals surface area contributed by atoms with Crippen LogP contribution in [0, 0.1) is 18.3 Å². The minimum atomic E-state index is -0.514. The smallest absolute Gasteiger partial charge is 0.343 e. The van der Waals surface area contributed by atoms with Crippen LogP contribution in [0.25, 0.3) is 11.3 Å². The number of nitrogens with one attached hydrogen (secondary N) is 1. The first-order chi connectivity index (χ1) is 14.5. The highest BCUT2D eigenvalue weighted by Gasteiger charge is 2.18. The molecular formula is C22H19N3O4S. The lowest BCUT2D eigenvalue weighted by Gasteiger charge is -2.13. The van der Waals surface area contributed by atoms with Gasteiger partial charge in [0.15, 0.2) is 16.7 Å². The molecule has 0 fully saturated rings. The number of hydrogen-bond donors (Lipinski definition) is 1. The molecule has 3 rings (SSSR count). The summed E-state index contributed by atoms with van der Waals surface area (Å²) in [5, 5.41) is 9.79. The van der Waals surface area contributed by atoms with Gasteiger partial charge in [-0.3, -0.25) is 4.79 Å². The maximum Gasteiger partial charge on any atom is 0.343 e. The molecule has 1 heterocycles. The number of esters is 1. The molecule has 0 aliphatic heterocycles. The van der Waals surface area contributed by atoms with Crippen LogP contribution in [-0.4, -0.2) is 28.8 Å². The van der Waals surface area contributed by atoms with Crippen molar-refractivity contribution >= 4 is 17.7 Å². The monoisotopic (exact) mass is 421 g/mol. The number of ether oxygens (including phenoxy) is 2.